The van der Waals surface area contributed by atoms with Crippen LogP contribution in [0.15, 0.2) is 53.4 Å². The van der Waals surface area contributed by atoms with Crippen LogP contribution < -0.4 is 9.64 Å². The third-order valence-corrected chi connectivity index (χ3v) is 7.15. The first-order valence-electron chi connectivity index (χ1n) is 9.84. The number of imide groups is 1. The Labute approximate surface area is 180 Å². The number of sulfonamides is 1. The van der Waals surface area contributed by atoms with Gasteiger partial charge in [0.15, 0.2) is 0 Å². The van der Waals surface area contributed by atoms with E-state index in [0.717, 1.165) is 10.5 Å². The fourth-order valence-corrected chi connectivity index (χ4v) is 4.87. The standard InChI is InChI=1S/C21H23N3O6S/c1-22-20(25)14-24(21(22)26)18-8-7-17(31(27,28)23-9-11-29-12-10-23)13-19(18)30-15-16-5-3-2-4-6-16/h2-8,13H,9-12,14-15H2,1H3. The fraction of sp³-hybridized carbons (Fsp3) is 0.333. The summed E-state index contributed by atoms with van der Waals surface area (Å²) in [5.41, 5.74) is 1.23. The second-order valence-corrected chi connectivity index (χ2v) is 9.18. The zero-order chi connectivity index (χ0) is 22.0. The van der Waals surface area contributed by atoms with Gasteiger partial charge in [-0.3, -0.25) is 14.6 Å². The van der Waals surface area contributed by atoms with E-state index < -0.39 is 16.1 Å². The number of urea groups is 1. The molecule has 9 nitrogen and oxygen atoms in total. The van der Waals surface area contributed by atoms with Gasteiger partial charge >= 0.3 is 6.03 Å². The molecule has 0 spiro atoms. The summed E-state index contributed by atoms with van der Waals surface area (Å²) >= 11 is 0. The highest BCUT2D eigenvalue weighted by molar-refractivity contribution is 7.89. The molecular weight excluding hydrogens is 422 g/mol. The van der Waals surface area contributed by atoms with E-state index in [2.05, 4.69) is 0 Å². The first-order chi connectivity index (χ1) is 14.9. The molecule has 0 radical (unpaired) electrons. The fourth-order valence-electron chi connectivity index (χ4n) is 3.45. The molecule has 2 heterocycles. The lowest BCUT2D eigenvalue weighted by molar-refractivity contribution is -0.123. The normalized spacial score (nSPS) is 18.0. The van der Waals surface area contributed by atoms with Gasteiger partial charge in [0, 0.05) is 26.2 Å². The smallest absolute Gasteiger partial charge is 0.331 e. The van der Waals surface area contributed by atoms with E-state index in [1.807, 2.05) is 30.3 Å². The van der Waals surface area contributed by atoms with E-state index in [-0.39, 0.29) is 42.8 Å². The molecule has 0 saturated carbocycles. The van der Waals surface area contributed by atoms with Crippen molar-refractivity contribution in [1.29, 1.82) is 0 Å². The van der Waals surface area contributed by atoms with Gasteiger partial charge in [0.05, 0.1) is 23.8 Å². The van der Waals surface area contributed by atoms with Crippen LogP contribution in [0.3, 0.4) is 0 Å². The first-order valence-corrected chi connectivity index (χ1v) is 11.3. The third kappa shape index (κ3) is 4.27. The highest BCUT2D eigenvalue weighted by Crippen LogP contribution is 2.35. The molecule has 2 fully saturated rings. The van der Waals surface area contributed by atoms with Gasteiger partial charge in [0.2, 0.25) is 15.9 Å². The predicted molar refractivity (Wildman–Crippen MR) is 112 cm³/mol. The number of ether oxygens (including phenoxy) is 2. The minimum atomic E-state index is -3.75. The number of hydrogen-bond donors (Lipinski definition) is 0. The van der Waals surface area contributed by atoms with Gasteiger partial charge in [-0.05, 0) is 17.7 Å². The molecule has 0 aliphatic carbocycles. The number of nitrogens with zero attached hydrogens (tertiary/aromatic N) is 3. The molecule has 10 heteroatoms. The summed E-state index contributed by atoms with van der Waals surface area (Å²) in [6.45, 7) is 1.27. The number of rotatable bonds is 6. The zero-order valence-electron chi connectivity index (χ0n) is 17.1. The molecule has 0 bridgehead atoms. The molecule has 0 atom stereocenters. The zero-order valence-corrected chi connectivity index (χ0v) is 17.9. The first kappa shape index (κ1) is 21.3. The van der Waals surface area contributed by atoms with E-state index in [1.54, 1.807) is 0 Å². The highest BCUT2D eigenvalue weighted by Gasteiger charge is 2.36. The van der Waals surface area contributed by atoms with Crippen molar-refractivity contribution in [1.82, 2.24) is 9.21 Å². The Kier molecular flexibility index (Phi) is 5.94. The minimum absolute atomic E-state index is 0.0625. The number of morpholine rings is 1. The van der Waals surface area contributed by atoms with Crippen molar-refractivity contribution in [2.75, 3.05) is 44.8 Å². The molecule has 3 amide bonds. The topological polar surface area (TPSA) is 96.5 Å². The lowest BCUT2D eigenvalue weighted by atomic mass is 10.2. The van der Waals surface area contributed by atoms with Crippen LogP contribution in [0, 0.1) is 0 Å². The van der Waals surface area contributed by atoms with Crippen LogP contribution in [-0.4, -0.2) is 69.5 Å². The summed E-state index contributed by atoms with van der Waals surface area (Å²) in [4.78, 5) is 26.9. The summed E-state index contributed by atoms with van der Waals surface area (Å²) in [5, 5.41) is 0. The maximum absolute atomic E-state index is 13.1. The quantitative estimate of drug-likeness (QED) is 0.628. The number of amides is 3. The minimum Gasteiger partial charge on any atom is -0.487 e. The Bertz CT molecular complexity index is 1080. The molecule has 0 N–H and O–H groups in total. The van der Waals surface area contributed by atoms with Gasteiger partial charge < -0.3 is 9.47 Å². The van der Waals surface area contributed by atoms with Gasteiger partial charge in [0.25, 0.3) is 0 Å². The SMILES string of the molecule is CN1C(=O)CN(c2ccc(S(=O)(=O)N3CCOCC3)cc2OCc2ccccc2)C1=O. The molecule has 2 aromatic rings. The molecular formula is C21H23N3O6S. The van der Waals surface area contributed by atoms with Crippen LogP contribution in [0.2, 0.25) is 0 Å². The molecule has 0 aromatic heterocycles. The van der Waals surface area contributed by atoms with Crippen LogP contribution in [0.1, 0.15) is 5.56 Å². The van der Waals surface area contributed by atoms with E-state index in [1.165, 1.54) is 34.5 Å². The molecule has 2 aliphatic heterocycles. The van der Waals surface area contributed by atoms with E-state index in [4.69, 9.17) is 9.47 Å². The van der Waals surface area contributed by atoms with Gasteiger partial charge in [-0.25, -0.2) is 13.2 Å². The van der Waals surface area contributed by atoms with Crippen molar-refractivity contribution in [3.05, 3.63) is 54.1 Å². The van der Waals surface area contributed by atoms with Crippen LogP contribution in [0.25, 0.3) is 0 Å². The summed E-state index contributed by atoms with van der Waals surface area (Å²) in [5.74, 6) is -0.126. The van der Waals surface area contributed by atoms with Crippen LogP contribution in [-0.2, 0) is 26.2 Å². The molecule has 2 saturated heterocycles. The molecule has 4 rings (SSSR count). The Morgan fingerprint density at radius 1 is 1.03 bits per heavy atom. The summed E-state index contributed by atoms with van der Waals surface area (Å²) in [6.07, 6.45) is 0. The van der Waals surface area contributed by atoms with Crippen molar-refractivity contribution >= 4 is 27.6 Å². The van der Waals surface area contributed by atoms with Crippen molar-refractivity contribution < 1.29 is 27.5 Å². The van der Waals surface area contributed by atoms with Gasteiger partial charge in [-0.15, -0.1) is 0 Å². The average molecular weight is 445 g/mol. The summed E-state index contributed by atoms with van der Waals surface area (Å²) in [6, 6.07) is 13.3. The predicted octanol–water partition coefficient (Wildman–Crippen LogP) is 1.68. The third-order valence-electron chi connectivity index (χ3n) is 5.25. The molecule has 164 valence electrons. The van der Waals surface area contributed by atoms with E-state index >= 15 is 0 Å². The number of anilines is 1. The maximum atomic E-state index is 13.1. The van der Waals surface area contributed by atoms with Gasteiger partial charge in [-0.2, -0.15) is 4.31 Å². The van der Waals surface area contributed by atoms with Crippen molar-refractivity contribution in [2.45, 2.75) is 11.5 Å². The average Bonchev–Trinajstić information content (AvgIpc) is 3.06. The number of benzene rings is 2. The monoisotopic (exact) mass is 445 g/mol. The van der Waals surface area contributed by atoms with Crippen LogP contribution in [0.5, 0.6) is 5.75 Å². The molecule has 2 aliphatic rings. The van der Waals surface area contributed by atoms with Crippen molar-refractivity contribution in [3.8, 4) is 5.75 Å². The largest absolute Gasteiger partial charge is 0.487 e. The highest BCUT2D eigenvalue weighted by atomic mass is 32.2. The molecule has 31 heavy (non-hydrogen) atoms. The number of carbonyl (C=O) groups excluding carboxylic acids is 2. The van der Waals surface area contributed by atoms with Gasteiger partial charge in [-0.1, -0.05) is 30.3 Å². The van der Waals surface area contributed by atoms with Crippen LogP contribution >= 0.6 is 0 Å². The Morgan fingerprint density at radius 2 is 1.74 bits per heavy atom. The van der Waals surface area contributed by atoms with Crippen molar-refractivity contribution in [2.24, 2.45) is 0 Å². The molecule has 2 aromatic carbocycles. The van der Waals surface area contributed by atoms with Gasteiger partial charge in [0.1, 0.15) is 18.9 Å². The summed E-state index contributed by atoms with van der Waals surface area (Å²) < 4.78 is 38.7. The van der Waals surface area contributed by atoms with E-state index in [9.17, 15) is 18.0 Å². The Balaban J connectivity index is 1.69. The Hall–Kier alpha value is -2.95. The second kappa shape index (κ2) is 8.66. The van der Waals surface area contributed by atoms with Crippen molar-refractivity contribution in [3.63, 3.8) is 0 Å². The summed E-state index contributed by atoms with van der Waals surface area (Å²) in [7, 11) is -2.34. The lowest BCUT2D eigenvalue weighted by Crippen LogP contribution is -2.40. The number of likely N-dealkylation sites (N-methyl/N-ethyl adjacent to an activating group) is 1. The Morgan fingerprint density at radius 3 is 2.39 bits per heavy atom. The van der Waals surface area contributed by atoms with E-state index in [0.29, 0.717) is 18.9 Å². The second-order valence-electron chi connectivity index (χ2n) is 7.24. The lowest BCUT2D eigenvalue weighted by Gasteiger charge is -2.27. The maximum Gasteiger partial charge on any atom is 0.331 e. The number of hydrogen-bond acceptors (Lipinski definition) is 6. The number of carbonyl (C=O) groups is 2. The van der Waals surface area contributed by atoms with Crippen LogP contribution in [0.4, 0.5) is 10.5 Å². The molecule has 0 unspecified atom stereocenters.